The van der Waals surface area contributed by atoms with Gasteiger partial charge in [-0.25, -0.2) is 9.78 Å². The van der Waals surface area contributed by atoms with Crippen molar-refractivity contribution >= 4 is 33.9 Å². The number of nitrogens with two attached hydrogens (primary N) is 1. The van der Waals surface area contributed by atoms with Gasteiger partial charge in [0.05, 0.1) is 12.7 Å². The number of hydrogen-bond donors (Lipinski definition) is 2. The van der Waals surface area contributed by atoms with E-state index < -0.39 is 5.97 Å². The normalized spacial score (nSPS) is 10.5. The summed E-state index contributed by atoms with van der Waals surface area (Å²) in [6.07, 6.45) is 1.38. The van der Waals surface area contributed by atoms with E-state index in [1.807, 2.05) is 42.5 Å². The topological polar surface area (TPSA) is 99.4 Å². The maximum atomic E-state index is 11.5. The second-order valence-corrected chi connectivity index (χ2v) is 6.21. The zero-order chi connectivity index (χ0) is 20.2. The second kappa shape index (κ2) is 7.85. The molecule has 3 N–H and O–H groups in total. The molecule has 4 aromatic rings. The van der Waals surface area contributed by atoms with E-state index in [9.17, 15) is 4.79 Å². The minimum Gasteiger partial charge on any atom is -0.465 e. The summed E-state index contributed by atoms with van der Waals surface area (Å²) in [6, 6.07) is 20.5. The summed E-state index contributed by atoms with van der Waals surface area (Å²) in [5.41, 5.74) is 7.67. The summed E-state index contributed by atoms with van der Waals surface area (Å²) in [5.74, 6) is 0.914. The Kier molecular flexibility index (Phi) is 4.94. The maximum Gasteiger partial charge on any atom is 0.337 e. The number of nitrogen functional groups attached to an aromatic ring is 1. The molecule has 3 aromatic carbocycles. The Bertz CT molecular complexity index is 1170. The summed E-state index contributed by atoms with van der Waals surface area (Å²) in [6.45, 7) is 0. The molecule has 0 aliphatic heterocycles. The molecule has 0 unspecified atom stereocenters. The third-order valence-electron chi connectivity index (χ3n) is 4.37. The fourth-order valence-electron chi connectivity index (χ4n) is 2.89. The summed E-state index contributed by atoms with van der Waals surface area (Å²) in [5, 5.41) is 5.13. The number of esters is 1. The monoisotopic (exact) mass is 386 g/mol. The average molecular weight is 386 g/mol. The van der Waals surface area contributed by atoms with Crippen LogP contribution >= 0.6 is 0 Å². The Morgan fingerprint density at radius 3 is 2.52 bits per heavy atom. The predicted octanol–water partition coefficient (Wildman–Crippen LogP) is 4.53. The largest absolute Gasteiger partial charge is 0.465 e. The van der Waals surface area contributed by atoms with E-state index in [4.69, 9.17) is 15.2 Å². The zero-order valence-electron chi connectivity index (χ0n) is 15.6. The second-order valence-electron chi connectivity index (χ2n) is 6.21. The van der Waals surface area contributed by atoms with Crippen LogP contribution in [0.15, 0.2) is 73.1 Å². The van der Waals surface area contributed by atoms with Crippen molar-refractivity contribution in [2.75, 3.05) is 18.2 Å². The van der Waals surface area contributed by atoms with Gasteiger partial charge in [-0.2, -0.15) is 4.98 Å². The number of ether oxygens (including phenoxy) is 2. The van der Waals surface area contributed by atoms with Crippen molar-refractivity contribution in [3.8, 4) is 11.6 Å². The first-order valence-electron chi connectivity index (χ1n) is 8.87. The third kappa shape index (κ3) is 3.79. The van der Waals surface area contributed by atoms with Gasteiger partial charge in [0.15, 0.2) is 5.82 Å². The van der Waals surface area contributed by atoms with E-state index in [-0.39, 0.29) is 11.6 Å². The first kappa shape index (κ1) is 18.2. The molecule has 0 saturated carbocycles. The first-order valence-corrected chi connectivity index (χ1v) is 8.87. The number of carbonyl (C=O) groups excluding carboxylic acids is 1. The number of fused-ring (bicyclic) bond motifs is 1. The molecule has 7 heteroatoms. The number of hydrogen-bond acceptors (Lipinski definition) is 7. The van der Waals surface area contributed by atoms with Crippen LogP contribution in [0.3, 0.4) is 0 Å². The van der Waals surface area contributed by atoms with Gasteiger partial charge in [0.2, 0.25) is 5.88 Å². The molecular formula is C22H18N4O3. The smallest absolute Gasteiger partial charge is 0.337 e. The van der Waals surface area contributed by atoms with Crippen molar-refractivity contribution in [1.82, 2.24) is 9.97 Å². The van der Waals surface area contributed by atoms with Crippen LogP contribution in [-0.4, -0.2) is 23.0 Å². The van der Waals surface area contributed by atoms with Gasteiger partial charge in [-0.3, -0.25) is 0 Å². The van der Waals surface area contributed by atoms with Crippen LogP contribution in [0.1, 0.15) is 10.4 Å². The van der Waals surface area contributed by atoms with E-state index in [1.165, 1.54) is 13.4 Å². The van der Waals surface area contributed by atoms with Gasteiger partial charge in [-0.15, -0.1) is 0 Å². The van der Waals surface area contributed by atoms with Crippen LogP contribution in [0.4, 0.5) is 17.2 Å². The highest BCUT2D eigenvalue weighted by atomic mass is 16.5. The van der Waals surface area contributed by atoms with E-state index in [0.29, 0.717) is 22.8 Å². The number of carbonyl (C=O) groups is 1. The maximum absolute atomic E-state index is 11.5. The Labute approximate surface area is 167 Å². The van der Waals surface area contributed by atoms with E-state index in [2.05, 4.69) is 15.3 Å². The summed E-state index contributed by atoms with van der Waals surface area (Å²) in [4.78, 5) is 19.9. The highest BCUT2D eigenvalue weighted by Crippen LogP contribution is 2.34. The molecule has 0 radical (unpaired) electrons. The number of nitrogens with one attached hydrogen (secondary N) is 1. The summed E-state index contributed by atoms with van der Waals surface area (Å²) in [7, 11) is 1.34. The van der Waals surface area contributed by atoms with Gasteiger partial charge in [0.25, 0.3) is 0 Å². The Hall–Kier alpha value is -4.13. The van der Waals surface area contributed by atoms with Crippen LogP contribution in [0, 0.1) is 0 Å². The molecule has 0 saturated heterocycles. The van der Waals surface area contributed by atoms with Crippen LogP contribution in [0.25, 0.3) is 10.8 Å². The molecule has 1 aromatic heterocycles. The van der Waals surface area contributed by atoms with Crippen molar-refractivity contribution in [3.05, 3.63) is 78.6 Å². The van der Waals surface area contributed by atoms with Gasteiger partial charge in [0, 0.05) is 11.1 Å². The van der Waals surface area contributed by atoms with Gasteiger partial charge >= 0.3 is 5.97 Å². The average Bonchev–Trinajstić information content (AvgIpc) is 2.77. The van der Waals surface area contributed by atoms with Gasteiger partial charge in [0.1, 0.15) is 17.8 Å². The van der Waals surface area contributed by atoms with Crippen molar-refractivity contribution in [2.24, 2.45) is 0 Å². The number of methoxy groups -OCH3 is 1. The molecule has 0 aliphatic rings. The Balaban J connectivity index is 1.60. The molecule has 0 amide bonds. The fraction of sp³-hybridized carbons (Fsp3) is 0.0455. The first-order chi connectivity index (χ1) is 14.2. The Morgan fingerprint density at radius 2 is 1.72 bits per heavy atom. The molecule has 4 rings (SSSR count). The molecule has 144 valence electrons. The van der Waals surface area contributed by atoms with Gasteiger partial charge < -0.3 is 20.5 Å². The van der Waals surface area contributed by atoms with Crippen molar-refractivity contribution in [1.29, 1.82) is 0 Å². The fourth-order valence-corrected chi connectivity index (χ4v) is 2.89. The predicted molar refractivity (Wildman–Crippen MR) is 112 cm³/mol. The van der Waals surface area contributed by atoms with Crippen LogP contribution in [0.5, 0.6) is 11.6 Å². The van der Waals surface area contributed by atoms with Crippen LogP contribution in [-0.2, 0) is 4.74 Å². The van der Waals surface area contributed by atoms with Gasteiger partial charge in [-0.1, -0.05) is 36.4 Å². The molecular weight excluding hydrogens is 368 g/mol. The number of nitrogens with zero attached hydrogens (tertiary/aromatic N) is 2. The summed E-state index contributed by atoms with van der Waals surface area (Å²) >= 11 is 0. The minimum absolute atomic E-state index is 0.255. The lowest BCUT2D eigenvalue weighted by molar-refractivity contribution is 0.0601. The van der Waals surface area contributed by atoms with Crippen LogP contribution in [0.2, 0.25) is 0 Å². The SMILES string of the molecule is COC(=O)c1ccc(Nc2ncnc(Oc3cccc4ccccc34)c2N)cc1. The lowest BCUT2D eigenvalue weighted by atomic mass is 10.1. The summed E-state index contributed by atoms with van der Waals surface area (Å²) < 4.78 is 10.7. The highest BCUT2D eigenvalue weighted by molar-refractivity contribution is 5.90. The van der Waals surface area contributed by atoms with E-state index >= 15 is 0 Å². The van der Waals surface area contributed by atoms with Crippen molar-refractivity contribution in [2.45, 2.75) is 0 Å². The molecule has 29 heavy (non-hydrogen) atoms. The van der Waals surface area contributed by atoms with Crippen molar-refractivity contribution < 1.29 is 14.3 Å². The lowest BCUT2D eigenvalue weighted by Crippen LogP contribution is -2.04. The third-order valence-corrected chi connectivity index (χ3v) is 4.37. The minimum atomic E-state index is -0.399. The van der Waals surface area contributed by atoms with Gasteiger partial charge in [-0.05, 0) is 35.7 Å². The molecule has 0 bridgehead atoms. The highest BCUT2D eigenvalue weighted by Gasteiger charge is 2.13. The molecule has 0 spiro atoms. The van der Waals surface area contributed by atoms with Crippen molar-refractivity contribution in [3.63, 3.8) is 0 Å². The lowest BCUT2D eigenvalue weighted by Gasteiger charge is -2.13. The van der Waals surface area contributed by atoms with E-state index in [0.717, 1.165) is 10.8 Å². The molecule has 0 aliphatic carbocycles. The quantitative estimate of drug-likeness (QED) is 0.486. The number of rotatable bonds is 5. The zero-order valence-corrected chi connectivity index (χ0v) is 15.6. The molecule has 7 nitrogen and oxygen atoms in total. The number of benzene rings is 3. The van der Waals surface area contributed by atoms with Crippen LogP contribution < -0.4 is 15.8 Å². The van der Waals surface area contributed by atoms with E-state index in [1.54, 1.807) is 24.3 Å². The standard InChI is InChI=1S/C22H18N4O3/c1-28-22(27)15-9-11-16(12-10-15)26-20-19(23)21(25-13-24-20)29-18-8-4-6-14-5-2-3-7-17(14)18/h2-13H,23H2,1H3,(H,24,25,26). The Morgan fingerprint density at radius 1 is 0.966 bits per heavy atom. The molecule has 1 heterocycles. The number of anilines is 3. The molecule has 0 fully saturated rings. The number of aromatic nitrogens is 2. The molecule has 0 atom stereocenters.